The van der Waals surface area contributed by atoms with E-state index < -0.39 is 12.1 Å². The molecule has 6 nitrogen and oxygen atoms in total. The molecule has 0 saturated heterocycles. The van der Waals surface area contributed by atoms with Crippen LogP contribution >= 0.6 is 0 Å². The Labute approximate surface area is 96.0 Å². The number of carbonyl (C=O) groups excluding carboxylic acids is 1. The summed E-state index contributed by atoms with van der Waals surface area (Å²) in [4.78, 5) is 19.1. The monoisotopic (exact) mass is 242 g/mol. The number of carboxylic acids is 1. The highest BCUT2D eigenvalue weighted by molar-refractivity contribution is 5.64. The molecule has 0 unspecified atom stereocenters. The van der Waals surface area contributed by atoms with Crippen LogP contribution in [0.2, 0.25) is 0 Å². The number of primary amides is 1. The van der Waals surface area contributed by atoms with Crippen LogP contribution in [0.3, 0.4) is 0 Å². The van der Waals surface area contributed by atoms with Crippen molar-refractivity contribution in [2.75, 3.05) is 34.3 Å². The first-order chi connectivity index (χ1) is 6.15. The molecule has 0 aliphatic rings. The molecule has 3 N–H and O–H groups in total. The molecule has 0 aromatic carbocycles. The lowest BCUT2D eigenvalue weighted by atomic mass is 10.5. The van der Waals surface area contributed by atoms with Crippen molar-refractivity contribution < 1.29 is 36.3 Å². The van der Waals surface area contributed by atoms with Gasteiger partial charge in [0.05, 0.1) is 21.1 Å². The van der Waals surface area contributed by atoms with E-state index in [0.29, 0.717) is 6.61 Å². The summed E-state index contributed by atoms with van der Waals surface area (Å²) in [6.45, 7) is 2.25. The Bertz CT molecular complexity index is 188. The molecule has 0 bridgehead atoms. The Kier molecular flexibility index (Phi) is 12.4. The van der Waals surface area contributed by atoms with Crippen LogP contribution in [0.15, 0.2) is 0 Å². The minimum atomic E-state index is -0.833. The summed E-state index contributed by atoms with van der Waals surface area (Å²) in [6.07, 6.45) is -0.701. The van der Waals surface area contributed by atoms with Crippen LogP contribution in [-0.2, 0) is 9.53 Å². The molecule has 0 atom stereocenters. The van der Waals surface area contributed by atoms with Gasteiger partial charge in [0, 0.05) is 6.92 Å². The van der Waals surface area contributed by atoms with Crippen molar-refractivity contribution in [2.24, 2.45) is 5.73 Å². The number of amides is 1. The fourth-order valence-corrected chi connectivity index (χ4v) is 0.420. The van der Waals surface area contributed by atoms with Crippen molar-refractivity contribution in [3.8, 4) is 0 Å². The molecule has 0 heterocycles. The molecular weight excluding hydrogens is 224 g/mol. The van der Waals surface area contributed by atoms with E-state index in [0.717, 1.165) is 18.0 Å². The van der Waals surface area contributed by atoms with Crippen LogP contribution in [0.4, 0.5) is 4.79 Å². The first-order valence-electron chi connectivity index (χ1n) is 4.07. The van der Waals surface area contributed by atoms with E-state index in [9.17, 15) is 4.79 Å². The second-order valence-electron chi connectivity index (χ2n) is 3.70. The van der Waals surface area contributed by atoms with Crippen molar-refractivity contribution in [3.05, 3.63) is 0 Å². The highest BCUT2D eigenvalue weighted by atomic mass is 35.5. The molecule has 0 saturated carbocycles. The van der Waals surface area contributed by atoms with Gasteiger partial charge in [-0.2, -0.15) is 0 Å². The van der Waals surface area contributed by atoms with E-state index in [-0.39, 0.29) is 12.4 Å². The first-order valence-corrected chi connectivity index (χ1v) is 4.07. The largest absolute Gasteiger partial charge is 1.00 e. The Hall–Kier alpha value is -1.01. The summed E-state index contributed by atoms with van der Waals surface area (Å²) in [5.74, 6) is -0.833. The summed E-state index contributed by atoms with van der Waals surface area (Å²) in [6, 6.07) is 0. The molecule has 0 aromatic rings. The van der Waals surface area contributed by atoms with Gasteiger partial charge >= 0.3 is 6.09 Å². The number of hydrogen-bond acceptors (Lipinski definition) is 3. The number of nitrogens with two attached hydrogens (primary N) is 1. The van der Waals surface area contributed by atoms with Gasteiger partial charge in [-0.3, -0.25) is 4.79 Å². The number of aliphatic carboxylic acids is 1. The maximum Gasteiger partial charge on any atom is 0.404 e. The third-order valence-electron chi connectivity index (χ3n) is 1.01. The summed E-state index contributed by atoms with van der Waals surface area (Å²) < 4.78 is 5.31. The Balaban J connectivity index is -0.000000249. The molecule has 92 valence electrons. The lowest BCUT2D eigenvalue weighted by Crippen LogP contribution is -3.00. The number of halogens is 1. The van der Waals surface area contributed by atoms with Gasteiger partial charge in [-0.15, -0.1) is 0 Å². The second-order valence-corrected chi connectivity index (χ2v) is 3.70. The summed E-state index contributed by atoms with van der Waals surface area (Å²) in [5.41, 5.74) is 4.75. The van der Waals surface area contributed by atoms with Crippen molar-refractivity contribution in [2.45, 2.75) is 6.92 Å². The summed E-state index contributed by atoms with van der Waals surface area (Å²) in [7, 11) is 6.05. The molecule has 0 fully saturated rings. The maximum atomic E-state index is 10.1. The van der Waals surface area contributed by atoms with Crippen molar-refractivity contribution in [1.82, 2.24) is 0 Å². The van der Waals surface area contributed by atoms with Gasteiger partial charge in [-0.1, -0.05) is 0 Å². The Morgan fingerprint density at radius 1 is 1.33 bits per heavy atom. The number of nitrogens with zero attached hydrogens (tertiary/aromatic N) is 1. The first kappa shape index (κ1) is 19.5. The molecular formula is C8H19ClN2O4. The number of hydrogen-bond donors (Lipinski definition) is 2. The lowest BCUT2D eigenvalue weighted by Gasteiger charge is -2.22. The quantitative estimate of drug-likeness (QED) is 0.513. The molecule has 0 spiro atoms. The number of ether oxygens (including phenoxy) is 1. The van der Waals surface area contributed by atoms with Gasteiger partial charge in [0.25, 0.3) is 5.97 Å². The number of likely N-dealkylation sites (N-methyl/N-ethyl adjacent to an activating group) is 1. The Morgan fingerprint density at radius 3 is 1.87 bits per heavy atom. The number of rotatable bonds is 3. The zero-order valence-electron chi connectivity index (χ0n) is 9.49. The highest BCUT2D eigenvalue weighted by Crippen LogP contribution is 1.88. The second kappa shape index (κ2) is 9.54. The SMILES string of the molecule is CC(=O)O.C[N+](C)(C)CCOC(N)=O.[Cl-]. The molecule has 0 rings (SSSR count). The average molecular weight is 243 g/mol. The van der Waals surface area contributed by atoms with Gasteiger partial charge in [-0.05, 0) is 0 Å². The lowest BCUT2D eigenvalue weighted by molar-refractivity contribution is -0.870. The maximum absolute atomic E-state index is 10.1. The predicted octanol–water partition coefficient (Wildman–Crippen LogP) is -3.12. The van der Waals surface area contributed by atoms with Gasteiger partial charge in [0.2, 0.25) is 0 Å². The van der Waals surface area contributed by atoms with Crippen LogP contribution in [-0.4, -0.2) is 55.9 Å². The molecule has 0 aromatic heterocycles. The van der Waals surface area contributed by atoms with E-state index >= 15 is 0 Å². The van der Waals surface area contributed by atoms with Crippen LogP contribution in [0, 0.1) is 0 Å². The topological polar surface area (TPSA) is 89.6 Å². The Morgan fingerprint density at radius 2 is 1.67 bits per heavy atom. The van der Waals surface area contributed by atoms with Crippen LogP contribution in [0.5, 0.6) is 0 Å². The van der Waals surface area contributed by atoms with Gasteiger partial charge < -0.3 is 32.5 Å². The van der Waals surface area contributed by atoms with Crippen LogP contribution in [0.1, 0.15) is 6.92 Å². The fourth-order valence-electron chi connectivity index (χ4n) is 0.420. The predicted molar refractivity (Wildman–Crippen MR) is 51.7 cm³/mol. The van der Waals surface area contributed by atoms with Gasteiger partial charge in [0.1, 0.15) is 13.2 Å². The van der Waals surface area contributed by atoms with E-state index in [1.165, 1.54) is 0 Å². The third kappa shape index (κ3) is 43.7. The van der Waals surface area contributed by atoms with Crippen molar-refractivity contribution in [1.29, 1.82) is 0 Å². The number of carbonyl (C=O) groups is 2. The smallest absolute Gasteiger partial charge is 0.404 e. The van der Waals surface area contributed by atoms with Crippen molar-refractivity contribution >= 4 is 12.1 Å². The molecule has 0 aliphatic carbocycles. The summed E-state index contributed by atoms with van der Waals surface area (Å²) >= 11 is 0. The normalized spacial score (nSPS) is 9.07. The van der Waals surface area contributed by atoms with Gasteiger partial charge in [0.15, 0.2) is 0 Å². The van der Waals surface area contributed by atoms with E-state index in [1.807, 2.05) is 21.1 Å². The standard InChI is InChI=1S/C6H14N2O2.C2H4O2.ClH/c1-8(2,3)4-5-10-6(7)9;1-2(3)4;/h4-5H2,1-3H3,(H-,7,9);1H3,(H,3,4);1H. The fraction of sp³-hybridized carbons (Fsp3) is 0.750. The molecule has 7 heteroatoms. The zero-order chi connectivity index (χ0) is 11.8. The van der Waals surface area contributed by atoms with Gasteiger partial charge in [-0.25, -0.2) is 4.79 Å². The van der Waals surface area contributed by atoms with E-state index in [1.54, 1.807) is 0 Å². The number of carboxylic acid groups (broad SMARTS) is 1. The molecule has 0 aliphatic heterocycles. The molecule has 1 amide bonds. The average Bonchev–Trinajstić information content (AvgIpc) is 1.80. The van der Waals surface area contributed by atoms with Crippen LogP contribution in [0.25, 0.3) is 0 Å². The third-order valence-corrected chi connectivity index (χ3v) is 1.01. The zero-order valence-corrected chi connectivity index (χ0v) is 10.2. The molecule has 0 radical (unpaired) electrons. The summed E-state index contributed by atoms with van der Waals surface area (Å²) in [5, 5.41) is 7.42. The minimum Gasteiger partial charge on any atom is -1.00 e. The van der Waals surface area contributed by atoms with E-state index in [2.05, 4.69) is 4.74 Å². The van der Waals surface area contributed by atoms with Crippen LogP contribution < -0.4 is 18.1 Å². The van der Waals surface area contributed by atoms with E-state index in [4.69, 9.17) is 15.6 Å². The number of quaternary nitrogens is 1. The van der Waals surface area contributed by atoms with Crippen molar-refractivity contribution in [3.63, 3.8) is 0 Å². The highest BCUT2D eigenvalue weighted by Gasteiger charge is 2.06. The molecule has 15 heavy (non-hydrogen) atoms. The minimum absolute atomic E-state index is 0.